The van der Waals surface area contributed by atoms with Crippen molar-refractivity contribution in [3.05, 3.63) is 32.5 Å². The van der Waals surface area contributed by atoms with Gasteiger partial charge in [0.2, 0.25) is 11.6 Å². The molecule has 104 valence electrons. The molecule has 1 aromatic carbocycles. The van der Waals surface area contributed by atoms with Crippen LogP contribution in [-0.4, -0.2) is 23.9 Å². The van der Waals surface area contributed by atoms with E-state index in [0.29, 0.717) is 0 Å². The fourth-order valence-corrected chi connectivity index (χ4v) is 1.59. The molecule has 0 amide bonds. The lowest BCUT2D eigenvalue weighted by Gasteiger charge is -2.11. The molecule has 0 heterocycles. The Balaban J connectivity index is 3.06. The summed E-state index contributed by atoms with van der Waals surface area (Å²) in [6.07, 6.45) is -2.58. The second-order valence-electron chi connectivity index (χ2n) is 3.18. The molecule has 0 aliphatic heterocycles. The Bertz CT molecular complexity index is 511. The van der Waals surface area contributed by atoms with Crippen molar-refractivity contribution in [2.45, 2.75) is 13.3 Å². The number of halogens is 3. The smallest absolute Gasteiger partial charge is 0.381 e. The number of nitro benzene ring substituents is 1. The number of rotatable bonds is 5. The third kappa shape index (κ3) is 3.85. The summed E-state index contributed by atoms with van der Waals surface area (Å²) < 4.78 is 35.5. The number of esters is 1. The van der Waals surface area contributed by atoms with E-state index in [2.05, 4.69) is 25.4 Å². The predicted octanol–water partition coefficient (Wildman–Crippen LogP) is 2.73. The molecule has 1 atom stereocenters. The highest BCUT2D eigenvalue weighted by molar-refractivity contribution is 9.10. The molecule has 0 radical (unpaired) electrons. The highest BCUT2D eigenvalue weighted by Gasteiger charge is 2.28. The Morgan fingerprint density at radius 1 is 1.58 bits per heavy atom. The lowest BCUT2D eigenvalue weighted by atomic mass is 10.3. The largest absolute Gasteiger partial charge is 0.461 e. The van der Waals surface area contributed by atoms with E-state index in [1.807, 2.05) is 0 Å². The lowest BCUT2D eigenvalue weighted by molar-refractivity contribution is -0.388. The van der Waals surface area contributed by atoms with Gasteiger partial charge < -0.3 is 9.47 Å². The van der Waals surface area contributed by atoms with Crippen LogP contribution in [0.2, 0.25) is 0 Å². The van der Waals surface area contributed by atoms with Gasteiger partial charge in [0.1, 0.15) is 0 Å². The number of nitrogens with zero attached hydrogens (tertiary/aromatic N) is 1. The van der Waals surface area contributed by atoms with Gasteiger partial charge in [-0.15, -0.1) is 0 Å². The number of carbonyl (C=O) groups is 1. The first-order chi connectivity index (χ1) is 8.86. The van der Waals surface area contributed by atoms with Crippen LogP contribution in [-0.2, 0) is 9.53 Å². The summed E-state index contributed by atoms with van der Waals surface area (Å²) in [6.45, 7) is 1.36. The molecule has 0 bridgehead atoms. The van der Waals surface area contributed by atoms with Gasteiger partial charge in [-0.1, -0.05) is 15.9 Å². The second kappa shape index (κ2) is 6.41. The summed E-state index contributed by atoms with van der Waals surface area (Å²) in [5, 5.41) is 10.7. The van der Waals surface area contributed by atoms with Crippen LogP contribution in [0, 0.1) is 15.9 Å². The maximum Gasteiger partial charge on any atom is 0.381 e. The van der Waals surface area contributed by atoms with E-state index in [0.717, 1.165) is 12.1 Å². The topological polar surface area (TPSA) is 78.7 Å². The minimum atomic E-state index is -2.58. The molecule has 0 N–H and O–H groups in total. The van der Waals surface area contributed by atoms with Crippen molar-refractivity contribution >= 4 is 27.6 Å². The molecule has 0 aromatic heterocycles. The SMILES string of the molecule is CCOC(=O)C(F)Oc1cc(Br)cc(F)c1[N+](=O)[O-]. The Morgan fingerprint density at radius 2 is 2.21 bits per heavy atom. The van der Waals surface area contributed by atoms with E-state index in [9.17, 15) is 23.7 Å². The Morgan fingerprint density at radius 3 is 2.74 bits per heavy atom. The Kier molecular flexibility index (Phi) is 5.16. The summed E-state index contributed by atoms with van der Waals surface area (Å²) >= 11 is 2.87. The first kappa shape index (κ1) is 15.3. The number of hydrogen-bond donors (Lipinski definition) is 0. The summed E-state index contributed by atoms with van der Waals surface area (Å²) in [5.74, 6) is -3.28. The van der Waals surface area contributed by atoms with Crippen molar-refractivity contribution in [1.29, 1.82) is 0 Å². The summed E-state index contributed by atoms with van der Waals surface area (Å²) in [4.78, 5) is 20.6. The number of carbonyl (C=O) groups excluding carboxylic acids is 1. The van der Waals surface area contributed by atoms with Gasteiger partial charge in [-0.05, 0) is 13.0 Å². The summed E-state index contributed by atoms with van der Waals surface area (Å²) in [7, 11) is 0. The van der Waals surface area contributed by atoms with E-state index in [1.54, 1.807) is 0 Å². The minimum absolute atomic E-state index is 0.0858. The lowest BCUT2D eigenvalue weighted by Crippen LogP contribution is -2.25. The Hall–Kier alpha value is -1.77. The molecule has 0 aliphatic rings. The number of nitro groups is 1. The highest BCUT2D eigenvalue weighted by Crippen LogP contribution is 2.34. The maximum absolute atomic E-state index is 13.4. The fraction of sp³-hybridized carbons (Fsp3) is 0.300. The molecule has 0 saturated carbocycles. The first-order valence-corrected chi connectivity index (χ1v) is 5.77. The second-order valence-corrected chi connectivity index (χ2v) is 4.09. The molecular weight excluding hydrogens is 332 g/mol. The average Bonchev–Trinajstić information content (AvgIpc) is 2.27. The van der Waals surface area contributed by atoms with Crippen LogP contribution < -0.4 is 4.74 Å². The van der Waals surface area contributed by atoms with Gasteiger partial charge in [-0.2, -0.15) is 8.78 Å². The van der Waals surface area contributed by atoms with Gasteiger partial charge in [-0.25, -0.2) is 4.79 Å². The van der Waals surface area contributed by atoms with E-state index >= 15 is 0 Å². The standard InChI is InChI=1S/C10H8BrF2NO5/c1-2-18-10(15)9(13)19-7-4-5(11)3-6(12)8(7)14(16)17/h3-4,9H,2H2,1H3. The number of benzene rings is 1. The molecule has 0 spiro atoms. The molecule has 9 heteroatoms. The van der Waals surface area contributed by atoms with Gasteiger partial charge in [0, 0.05) is 10.5 Å². The predicted molar refractivity (Wildman–Crippen MR) is 62.9 cm³/mol. The summed E-state index contributed by atoms with van der Waals surface area (Å²) in [6, 6.07) is 1.80. The summed E-state index contributed by atoms with van der Waals surface area (Å²) in [5.41, 5.74) is -1.06. The highest BCUT2D eigenvalue weighted by atomic mass is 79.9. The van der Waals surface area contributed by atoms with Crippen LogP contribution >= 0.6 is 15.9 Å². The molecule has 1 aromatic rings. The fourth-order valence-electron chi connectivity index (χ4n) is 1.18. The van der Waals surface area contributed by atoms with Crippen LogP contribution in [0.5, 0.6) is 5.75 Å². The first-order valence-electron chi connectivity index (χ1n) is 4.97. The monoisotopic (exact) mass is 339 g/mol. The number of ether oxygens (including phenoxy) is 2. The van der Waals surface area contributed by atoms with Crippen molar-refractivity contribution in [2.24, 2.45) is 0 Å². The van der Waals surface area contributed by atoms with Gasteiger partial charge >= 0.3 is 18.0 Å². The maximum atomic E-state index is 13.4. The van der Waals surface area contributed by atoms with E-state index in [-0.39, 0.29) is 11.1 Å². The number of alkyl halides is 1. The van der Waals surface area contributed by atoms with Gasteiger partial charge in [-0.3, -0.25) is 10.1 Å². The zero-order valence-electron chi connectivity index (χ0n) is 9.56. The van der Waals surface area contributed by atoms with Crippen LogP contribution in [0.3, 0.4) is 0 Å². The van der Waals surface area contributed by atoms with Crippen molar-refractivity contribution in [3.63, 3.8) is 0 Å². The third-order valence-electron chi connectivity index (χ3n) is 1.88. The van der Waals surface area contributed by atoms with Crippen LogP contribution in [0.25, 0.3) is 0 Å². The minimum Gasteiger partial charge on any atom is -0.461 e. The average molecular weight is 340 g/mol. The normalized spacial score (nSPS) is 11.8. The van der Waals surface area contributed by atoms with Crippen molar-refractivity contribution in [1.82, 2.24) is 0 Å². The van der Waals surface area contributed by atoms with Gasteiger partial charge in [0.05, 0.1) is 11.5 Å². The molecular formula is C10H8BrF2NO5. The Labute approximate surface area is 114 Å². The molecule has 1 rings (SSSR count). The zero-order valence-corrected chi connectivity index (χ0v) is 11.1. The van der Waals surface area contributed by atoms with Crippen molar-refractivity contribution in [3.8, 4) is 5.75 Å². The van der Waals surface area contributed by atoms with Crippen molar-refractivity contribution < 1.29 is 28.0 Å². The third-order valence-corrected chi connectivity index (χ3v) is 2.34. The molecule has 0 aliphatic carbocycles. The molecule has 1 unspecified atom stereocenters. The van der Waals surface area contributed by atoms with Gasteiger partial charge in [0.25, 0.3) is 0 Å². The van der Waals surface area contributed by atoms with Crippen LogP contribution in [0.15, 0.2) is 16.6 Å². The van der Waals surface area contributed by atoms with E-state index in [1.165, 1.54) is 6.92 Å². The van der Waals surface area contributed by atoms with E-state index < -0.39 is 34.5 Å². The van der Waals surface area contributed by atoms with Crippen LogP contribution in [0.1, 0.15) is 6.92 Å². The van der Waals surface area contributed by atoms with Crippen LogP contribution in [0.4, 0.5) is 14.5 Å². The molecule has 6 nitrogen and oxygen atoms in total. The molecule has 0 fully saturated rings. The molecule has 0 saturated heterocycles. The van der Waals surface area contributed by atoms with Crippen molar-refractivity contribution in [2.75, 3.05) is 6.61 Å². The quantitative estimate of drug-likeness (QED) is 0.468. The van der Waals surface area contributed by atoms with E-state index in [4.69, 9.17) is 0 Å². The number of hydrogen-bond acceptors (Lipinski definition) is 5. The zero-order chi connectivity index (χ0) is 14.6. The van der Waals surface area contributed by atoms with Gasteiger partial charge in [0.15, 0.2) is 0 Å². The molecule has 19 heavy (non-hydrogen) atoms.